The van der Waals surface area contributed by atoms with Crippen LogP contribution in [-0.2, 0) is 6.42 Å². The summed E-state index contributed by atoms with van der Waals surface area (Å²) >= 11 is 0. The molecule has 2 heteroatoms. The molecule has 1 aliphatic carbocycles. The first kappa shape index (κ1) is 9.21. The summed E-state index contributed by atoms with van der Waals surface area (Å²) in [6, 6.07) is 3.26. The van der Waals surface area contributed by atoms with E-state index in [-0.39, 0.29) is 11.5 Å². The van der Waals surface area contributed by atoms with Gasteiger partial charge < -0.3 is 0 Å². The summed E-state index contributed by atoms with van der Waals surface area (Å²) in [5.41, 5.74) is 2.43. The van der Waals surface area contributed by atoms with E-state index in [1.807, 2.05) is 0 Å². The van der Waals surface area contributed by atoms with Gasteiger partial charge in [-0.3, -0.25) is 0 Å². The highest BCUT2D eigenvalue weighted by molar-refractivity contribution is 5.52. The lowest BCUT2D eigenvalue weighted by atomic mass is 9.84. The largest absolute Gasteiger partial charge is 0.235 e. The molecule has 2 rings (SSSR count). The molecule has 0 fully saturated rings. The SMILES string of the molecule is [C-]#[N+]c1cc2c(cc1F)CCCC2C. The molecular formula is C12H12FN. The van der Waals surface area contributed by atoms with Gasteiger partial charge in [-0.1, -0.05) is 12.5 Å². The van der Waals surface area contributed by atoms with Crippen molar-refractivity contribution in [3.8, 4) is 0 Å². The standard InChI is InChI=1S/C12H12FN/c1-8-4-3-5-9-6-11(13)12(14-2)7-10(8)9/h6-8H,3-5H2,1H3. The molecule has 0 N–H and O–H groups in total. The van der Waals surface area contributed by atoms with Gasteiger partial charge in [-0.2, -0.15) is 0 Å². The monoisotopic (exact) mass is 189 g/mol. The fraction of sp³-hybridized carbons (Fsp3) is 0.417. The number of hydrogen-bond donors (Lipinski definition) is 0. The number of benzene rings is 1. The average Bonchev–Trinajstić information content (AvgIpc) is 2.17. The van der Waals surface area contributed by atoms with Crippen LogP contribution in [-0.4, -0.2) is 0 Å². The van der Waals surface area contributed by atoms with Gasteiger partial charge >= 0.3 is 0 Å². The second-order valence-corrected chi connectivity index (χ2v) is 3.91. The highest BCUT2D eigenvalue weighted by Crippen LogP contribution is 2.35. The van der Waals surface area contributed by atoms with Gasteiger partial charge in [0.15, 0.2) is 0 Å². The molecule has 0 aromatic heterocycles. The zero-order chi connectivity index (χ0) is 10.1. The summed E-state index contributed by atoms with van der Waals surface area (Å²) in [4.78, 5) is 3.19. The van der Waals surface area contributed by atoms with Gasteiger partial charge in [-0.15, -0.1) is 0 Å². The number of halogens is 1. The first-order valence-corrected chi connectivity index (χ1v) is 4.92. The van der Waals surface area contributed by atoms with Crippen LogP contribution < -0.4 is 0 Å². The molecule has 0 spiro atoms. The van der Waals surface area contributed by atoms with E-state index < -0.39 is 0 Å². The number of nitrogens with zero attached hydrogens (tertiary/aromatic N) is 1. The third kappa shape index (κ3) is 1.39. The molecule has 1 atom stereocenters. The second-order valence-electron chi connectivity index (χ2n) is 3.91. The van der Waals surface area contributed by atoms with E-state index in [0.717, 1.165) is 24.8 Å². The molecule has 0 radical (unpaired) electrons. The van der Waals surface area contributed by atoms with Crippen molar-refractivity contribution in [2.24, 2.45) is 0 Å². The third-order valence-corrected chi connectivity index (χ3v) is 2.94. The summed E-state index contributed by atoms with van der Waals surface area (Å²) in [6.45, 7) is 9.00. The van der Waals surface area contributed by atoms with Crippen LogP contribution in [0.25, 0.3) is 4.85 Å². The highest BCUT2D eigenvalue weighted by atomic mass is 19.1. The zero-order valence-corrected chi connectivity index (χ0v) is 8.18. The van der Waals surface area contributed by atoms with E-state index in [1.54, 1.807) is 12.1 Å². The fourth-order valence-electron chi connectivity index (χ4n) is 2.13. The van der Waals surface area contributed by atoms with Gasteiger partial charge in [0.2, 0.25) is 5.69 Å². The van der Waals surface area contributed by atoms with Crippen LogP contribution in [0.2, 0.25) is 0 Å². The van der Waals surface area contributed by atoms with Crippen molar-refractivity contribution in [3.63, 3.8) is 0 Å². The molecule has 0 amide bonds. The van der Waals surface area contributed by atoms with Crippen molar-refractivity contribution in [2.75, 3.05) is 0 Å². The van der Waals surface area contributed by atoms with Gasteiger partial charge in [-0.25, -0.2) is 9.24 Å². The maximum atomic E-state index is 13.3. The molecule has 1 nitrogen and oxygen atoms in total. The van der Waals surface area contributed by atoms with Crippen molar-refractivity contribution in [1.29, 1.82) is 0 Å². The van der Waals surface area contributed by atoms with Crippen LogP contribution >= 0.6 is 0 Å². The van der Waals surface area contributed by atoms with Gasteiger partial charge in [0, 0.05) is 0 Å². The quantitative estimate of drug-likeness (QED) is 0.546. The van der Waals surface area contributed by atoms with Crippen molar-refractivity contribution >= 4 is 5.69 Å². The molecule has 0 bridgehead atoms. The second kappa shape index (κ2) is 3.42. The molecule has 14 heavy (non-hydrogen) atoms. The maximum Gasteiger partial charge on any atom is 0.222 e. The molecule has 0 saturated carbocycles. The number of aryl methyl sites for hydroxylation is 1. The average molecular weight is 189 g/mol. The zero-order valence-electron chi connectivity index (χ0n) is 8.18. The van der Waals surface area contributed by atoms with E-state index in [9.17, 15) is 4.39 Å². The van der Waals surface area contributed by atoms with E-state index in [1.165, 1.54) is 5.56 Å². The van der Waals surface area contributed by atoms with Crippen LogP contribution in [0.5, 0.6) is 0 Å². The van der Waals surface area contributed by atoms with Crippen LogP contribution in [0.4, 0.5) is 10.1 Å². The van der Waals surface area contributed by atoms with E-state index in [4.69, 9.17) is 6.57 Å². The Morgan fingerprint density at radius 3 is 3.00 bits per heavy atom. The third-order valence-electron chi connectivity index (χ3n) is 2.94. The molecule has 1 aliphatic rings. The molecule has 1 unspecified atom stereocenters. The molecule has 1 aromatic rings. The molecule has 72 valence electrons. The molecular weight excluding hydrogens is 177 g/mol. The lowest BCUT2D eigenvalue weighted by molar-refractivity contribution is 0.578. The predicted octanol–water partition coefficient (Wildman–Crippen LogP) is 3.82. The lowest BCUT2D eigenvalue weighted by Gasteiger charge is -2.22. The Morgan fingerprint density at radius 2 is 2.29 bits per heavy atom. The predicted molar refractivity (Wildman–Crippen MR) is 54.0 cm³/mol. The van der Waals surface area contributed by atoms with Gasteiger partial charge in [0.1, 0.15) is 5.82 Å². The molecule has 0 aliphatic heterocycles. The number of rotatable bonds is 0. The fourth-order valence-corrected chi connectivity index (χ4v) is 2.13. The van der Waals surface area contributed by atoms with Gasteiger partial charge in [-0.05, 0) is 42.9 Å². The molecule has 1 aromatic carbocycles. The van der Waals surface area contributed by atoms with E-state index in [0.29, 0.717) is 5.92 Å². The van der Waals surface area contributed by atoms with Crippen molar-refractivity contribution in [2.45, 2.75) is 32.1 Å². The van der Waals surface area contributed by atoms with Crippen LogP contribution in [0, 0.1) is 12.4 Å². The maximum absolute atomic E-state index is 13.3. The van der Waals surface area contributed by atoms with Crippen molar-refractivity contribution in [3.05, 3.63) is 40.5 Å². The summed E-state index contributed by atoms with van der Waals surface area (Å²) in [6.07, 6.45) is 3.23. The summed E-state index contributed by atoms with van der Waals surface area (Å²) < 4.78 is 13.3. The Labute approximate surface area is 83.4 Å². The van der Waals surface area contributed by atoms with E-state index >= 15 is 0 Å². The minimum atomic E-state index is -0.368. The number of fused-ring (bicyclic) bond motifs is 1. The minimum absolute atomic E-state index is 0.164. The van der Waals surface area contributed by atoms with Crippen LogP contribution in [0.3, 0.4) is 0 Å². The molecule has 0 saturated heterocycles. The Morgan fingerprint density at radius 1 is 1.50 bits per heavy atom. The Hall–Kier alpha value is -1.36. The Bertz CT molecular complexity index is 404. The first-order chi connectivity index (χ1) is 6.72. The van der Waals surface area contributed by atoms with Crippen molar-refractivity contribution < 1.29 is 4.39 Å². The lowest BCUT2D eigenvalue weighted by Crippen LogP contribution is -2.07. The topological polar surface area (TPSA) is 4.36 Å². The summed E-state index contributed by atoms with van der Waals surface area (Å²) in [7, 11) is 0. The first-order valence-electron chi connectivity index (χ1n) is 4.92. The minimum Gasteiger partial charge on any atom is -0.235 e. The van der Waals surface area contributed by atoms with Gasteiger partial charge in [0.05, 0.1) is 6.57 Å². The summed E-state index contributed by atoms with van der Waals surface area (Å²) in [5, 5.41) is 0. The Kier molecular flexibility index (Phi) is 2.25. The summed E-state index contributed by atoms with van der Waals surface area (Å²) in [5.74, 6) is 0.104. The number of hydrogen-bond acceptors (Lipinski definition) is 0. The van der Waals surface area contributed by atoms with Gasteiger partial charge in [0.25, 0.3) is 0 Å². The van der Waals surface area contributed by atoms with Crippen LogP contribution in [0.15, 0.2) is 12.1 Å². The normalized spacial score (nSPS) is 19.9. The smallest absolute Gasteiger partial charge is 0.222 e. The van der Waals surface area contributed by atoms with E-state index in [2.05, 4.69) is 11.8 Å². The Balaban J connectivity index is 2.56. The molecule has 0 heterocycles. The van der Waals surface area contributed by atoms with Crippen molar-refractivity contribution in [1.82, 2.24) is 0 Å². The highest BCUT2D eigenvalue weighted by Gasteiger charge is 2.18. The van der Waals surface area contributed by atoms with Crippen LogP contribution in [0.1, 0.15) is 36.8 Å².